The Balaban J connectivity index is 1.57. The molecule has 27 heavy (non-hydrogen) atoms. The summed E-state index contributed by atoms with van der Waals surface area (Å²) in [5.74, 6) is -0.128. The minimum Gasteiger partial charge on any atom is -0.455 e. The molecule has 0 saturated heterocycles. The lowest BCUT2D eigenvalue weighted by Crippen LogP contribution is -2.35. The first-order chi connectivity index (χ1) is 13.0. The predicted molar refractivity (Wildman–Crippen MR) is 105 cm³/mol. The average molecular weight is 365 g/mol. The van der Waals surface area contributed by atoms with Gasteiger partial charge in [0.25, 0.3) is 5.91 Å². The molecule has 3 rings (SSSR count). The van der Waals surface area contributed by atoms with Gasteiger partial charge in [0.2, 0.25) is 0 Å². The zero-order chi connectivity index (χ0) is 19.3. The molecule has 2 aromatic rings. The second kappa shape index (κ2) is 8.38. The molecule has 142 valence electrons. The second-order valence-electron chi connectivity index (χ2n) is 7.68. The quantitative estimate of drug-likeness (QED) is 0.715. The van der Waals surface area contributed by atoms with Crippen LogP contribution in [0.1, 0.15) is 50.3 Å². The first kappa shape index (κ1) is 19.2. The van der Waals surface area contributed by atoms with Gasteiger partial charge in [-0.2, -0.15) is 0 Å². The van der Waals surface area contributed by atoms with Crippen molar-refractivity contribution >= 4 is 11.9 Å². The molecule has 0 aromatic heterocycles. The molecule has 1 aliphatic carbocycles. The molecule has 1 aliphatic rings. The Morgan fingerprint density at radius 2 is 1.59 bits per heavy atom. The summed E-state index contributed by atoms with van der Waals surface area (Å²) in [6.45, 7) is 4.01. The van der Waals surface area contributed by atoms with Gasteiger partial charge in [-0.25, -0.2) is 0 Å². The zero-order valence-corrected chi connectivity index (χ0v) is 16.0. The highest BCUT2D eigenvalue weighted by Gasteiger charge is 2.52. The van der Waals surface area contributed by atoms with Crippen molar-refractivity contribution in [3.05, 3.63) is 71.8 Å². The molecule has 0 radical (unpaired) electrons. The Morgan fingerprint density at radius 1 is 1.00 bits per heavy atom. The van der Waals surface area contributed by atoms with Crippen LogP contribution in [0.2, 0.25) is 0 Å². The van der Waals surface area contributed by atoms with Crippen LogP contribution < -0.4 is 5.32 Å². The number of hydrogen-bond acceptors (Lipinski definition) is 3. The van der Waals surface area contributed by atoms with Gasteiger partial charge in [0.15, 0.2) is 6.61 Å². The van der Waals surface area contributed by atoms with Crippen LogP contribution in [0, 0.1) is 5.92 Å². The number of amides is 1. The molecule has 4 heteroatoms. The smallest absolute Gasteiger partial charge is 0.317 e. The Hall–Kier alpha value is -2.62. The molecule has 2 aromatic carbocycles. The third-order valence-corrected chi connectivity index (χ3v) is 5.05. The highest BCUT2D eigenvalue weighted by molar-refractivity contribution is 5.89. The van der Waals surface area contributed by atoms with E-state index in [-0.39, 0.29) is 24.5 Å². The van der Waals surface area contributed by atoms with E-state index in [2.05, 4.69) is 19.2 Å². The fourth-order valence-corrected chi connectivity index (χ4v) is 3.43. The molecule has 1 amide bonds. The number of ether oxygens (including phenoxy) is 1. The van der Waals surface area contributed by atoms with Crippen LogP contribution in [-0.4, -0.2) is 18.5 Å². The predicted octanol–water partition coefficient (Wildman–Crippen LogP) is 4.17. The largest absolute Gasteiger partial charge is 0.455 e. The maximum atomic E-state index is 12.6. The van der Waals surface area contributed by atoms with Crippen molar-refractivity contribution in [2.24, 2.45) is 5.92 Å². The van der Waals surface area contributed by atoms with Crippen LogP contribution in [0.3, 0.4) is 0 Å². The Morgan fingerprint density at radius 3 is 2.15 bits per heavy atom. The van der Waals surface area contributed by atoms with Crippen molar-refractivity contribution in [1.82, 2.24) is 5.32 Å². The van der Waals surface area contributed by atoms with Crippen LogP contribution in [0.4, 0.5) is 0 Å². The van der Waals surface area contributed by atoms with Crippen LogP contribution >= 0.6 is 0 Å². The first-order valence-corrected chi connectivity index (χ1v) is 9.58. The van der Waals surface area contributed by atoms with E-state index < -0.39 is 5.41 Å². The fraction of sp³-hybridized carbons (Fsp3) is 0.391. The standard InChI is InChI=1S/C23H27NO3/c1-17(2)15-20(18-9-5-3-6-10-18)24-21(25)16-27-22(26)23(13-14-23)19-11-7-4-8-12-19/h3-12,17,20H,13-16H2,1-2H3,(H,24,25). The number of rotatable bonds is 8. The summed E-state index contributed by atoms with van der Waals surface area (Å²) in [5.41, 5.74) is 1.48. The first-order valence-electron chi connectivity index (χ1n) is 9.58. The van der Waals surface area contributed by atoms with Gasteiger partial charge in [0, 0.05) is 0 Å². The SMILES string of the molecule is CC(C)CC(NC(=O)COC(=O)C1(c2ccccc2)CC1)c1ccccc1. The summed E-state index contributed by atoms with van der Waals surface area (Å²) in [6.07, 6.45) is 2.38. The number of benzene rings is 2. The molecular formula is C23H27NO3. The van der Waals surface area contributed by atoms with Crippen LogP contribution in [-0.2, 0) is 19.7 Å². The normalized spacial score (nSPS) is 15.8. The van der Waals surface area contributed by atoms with E-state index in [1.165, 1.54) is 0 Å². The molecule has 1 atom stereocenters. The molecule has 1 fully saturated rings. The summed E-state index contributed by atoms with van der Waals surface area (Å²) < 4.78 is 5.38. The van der Waals surface area contributed by atoms with Crippen molar-refractivity contribution in [3.63, 3.8) is 0 Å². The number of carbonyl (C=O) groups is 2. The van der Waals surface area contributed by atoms with E-state index in [0.29, 0.717) is 5.92 Å². The molecule has 4 nitrogen and oxygen atoms in total. The van der Waals surface area contributed by atoms with Crippen LogP contribution in [0.15, 0.2) is 60.7 Å². The van der Waals surface area contributed by atoms with Gasteiger partial charge in [-0.3, -0.25) is 9.59 Å². The van der Waals surface area contributed by atoms with E-state index in [4.69, 9.17) is 4.74 Å². The molecule has 1 N–H and O–H groups in total. The lowest BCUT2D eigenvalue weighted by molar-refractivity contribution is -0.151. The minimum absolute atomic E-state index is 0.0820. The minimum atomic E-state index is -0.557. The Labute approximate surface area is 160 Å². The summed E-state index contributed by atoms with van der Waals surface area (Å²) in [7, 11) is 0. The number of nitrogens with one attached hydrogen (secondary N) is 1. The lowest BCUT2D eigenvalue weighted by atomic mass is 9.96. The highest BCUT2D eigenvalue weighted by atomic mass is 16.5. The van der Waals surface area contributed by atoms with Crippen molar-refractivity contribution in [2.45, 2.75) is 44.6 Å². The van der Waals surface area contributed by atoms with Crippen LogP contribution in [0.25, 0.3) is 0 Å². The average Bonchev–Trinajstić information content (AvgIpc) is 3.49. The summed E-state index contributed by atoms with van der Waals surface area (Å²) in [4.78, 5) is 25.0. The number of carbonyl (C=O) groups excluding carboxylic acids is 2. The van der Waals surface area contributed by atoms with E-state index >= 15 is 0 Å². The van der Waals surface area contributed by atoms with Gasteiger partial charge in [-0.15, -0.1) is 0 Å². The Kier molecular flexibility index (Phi) is 5.94. The van der Waals surface area contributed by atoms with Crippen molar-refractivity contribution in [1.29, 1.82) is 0 Å². The van der Waals surface area contributed by atoms with Crippen molar-refractivity contribution < 1.29 is 14.3 Å². The summed E-state index contributed by atoms with van der Waals surface area (Å²) in [5, 5.41) is 3.02. The third-order valence-electron chi connectivity index (χ3n) is 5.05. The van der Waals surface area contributed by atoms with Gasteiger partial charge in [-0.05, 0) is 36.3 Å². The molecule has 0 heterocycles. The van der Waals surface area contributed by atoms with Crippen LogP contribution in [0.5, 0.6) is 0 Å². The topological polar surface area (TPSA) is 55.4 Å². The van der Waals surface area contributed by atoms with E-state index in [1.807, 2.05) is 60.7 Å². The highest BCUT2D eigenvalue weighted by Crippen LogP contribution is 2.49. The summed E-state index contributed by atoms with van der Waals surface area (Å²) in [6, 6.07) is 19.5. The van der Waals surface area contributed by atoms with Crippen molar-refractivity contribution in [2.75, 3.05) is 6.61 Å². The maximum Gasteiger partial charge on any atom is 0.317 e. The lowest BCUT2D eigenvalue weighted by Gasteiger charge is -2.21. The van der Waals surface area contributed by atoms with Gasteiger partial charge in [0.1, 0.15) is 0 Å². The monoisotopic (exact) mass is 365 g/mol. The van der Waals surface area contributed by atoms with E-state index in [9.17, 15) is 9.59 Å². The molecular weight excluding hydrogens is 338 g/mol. The van der Waals surface area contributed by atoms with Crippen molar-refractivity contribution in [3.8, 4) is 0 Å². The van der Waals surface area contributed by atoms with Gasteiger partial charge in [0.05, 0.1) is 11.5 Å². The number of hydrogen-bond donors (Lipinski definition) is 1. The molecule has 1 unspecified atom stereocenters. The third kappa shape index (κ3) is 4.76. The molecule has 0 bridgehead atoms. The van der Waals surface area contributed by atoms with Gasteiger partial charge < -0.3 is 10.1 Å². The molecule has 1 saturated carbocycles. The van der Waals surface area contributed by atoms with E-state index in [0.717, 1.165) is 30.4 Å². The number of esters is 1. The maximum absolute atomic E-state index is 12.6. The van der Waals surface area contributed by atoms with Gasteiger partial charge >= 0.3 is 5.97 Å². The fourth-order valence-electron chi connectivity index (χ4n) is 3.43. The second-order valence-corrected chi connectivity index (χ2v) is 7.68. The molecule has 0 spiro atoms. The Bertz CT molecular complexity index is 767. The van der Waals surface area contributed by atoms with Gasteiger partial charge in [-0.1, -0.05) is 74.5 Å². The van der Waals surface area contributed by atoms with E-state index in [1.54, 1.807) is 0 Å². The molecule has 0 aliphatic heterocycles. The summed E-state index contributed by atoms with van der Waals surface area (Å²) >= 11 is 0. The zero-order valence-electron chi connectivity index (χ0n) is 16.0.